The van der Waals surface area contributed by atoms with Gasteiger partial charge in [-0.2, -0.15) is 0 Å². The summed E-state index contributed by atoms with van der Waals surface area (Å²) in [5, 5.41) is 3.56. The maximum Gasteiger partial charge on any atom is 0.272 e. The van der Waals surface area contributed by atoms with Crippen LogP contribution in [0.25, 0.3) is 16.6 Å². The molecule has 4 aromatic rings. The summed E-state index contributed by atoms with van der Waals surface area (Å²) in [4.78, 5) is 32.6. The summed E-state index contributed by atoms with van der Waals surface area (Å²) in [6.45, 7) is 5.19. The molecule has 170 valence electrons. The predicted octanol–water partition coefficient (Wildman–Crippen LogP) is 3.64. The van der Waals surface area contributed by atoms with Gasteiger partial charge in [-0.3, -0.25) is 18.9 Å². The molecular weight excluding hydrogens is 461 g/mol. The van der Waals surface area contributed by atoms with E-state index in [4.69, 9.17) is 23.2 Å². The highest BCUT2D eigenvalue weighted by molar-refractivity contribution is 6.42. The number of halogens is 2. The highest BCUT2D eigenvalue weighted by Gasteiger charge is 2.18. The van der Waals surface area contributed by atoms with Crippen molar-refractivity contribution >= 4 is 51.3 Å². The minimum Gasteiger partial charge on any atom is -0.369 e. The smallest absolute Gasteiger partial charge is 0.272 e. The number of carbonyl (C=O) groups excluding carboxylic acids is 1. The Morgan fingerprint density at radius 1 is 0.970 bits per heavy atom. The Morgan fingerprint density at radius 2 is 1.73 bits per heavy atom. The Morgan fingerprint density at radius 3 is 2.48 bits per heavy atom. The molecule has 0 saturated carbocycles. The Balaban J connectivity index is 1.21. The lowest BCUT2D eigenvalue weighted by molar-refractivity contribution is 0.0948. The number of benzene rings is 2. The van der Waals surface area contributed by atoms with Crippen LogP contribution in [0.3, 0.4) is 0 Å². The van der Waals surface area contributed by atoms with Crippen molar-refractivity contribution in [2.24, 2.45) is 0 Å². The van der Waals surface area contributed by atoms with E-state index in [1.807, 2.05) is 6.07 Å². The number of nitrogens with one attached hydrogen (secondary N) is 2. The molecule has 1 fully saturated rings. The predicted molar refractivity (Wildman–Crippen MR) is 133 cm³/mol. The van der Waals surface area contributed by atoms with Crippen molar-refractivity contribution in [1.29, 1.82) is 0 Å². The number of carbonyl (C=O) groups is 1. The van der Waals surface area contributed by atoms with E-state index in [1.165, 1.54) is 11.8 Å². The Labute approximate surface area is 200 Å². The van der Waals surface area contributed by atoms with Crippen LogP contribution >= 0.6 is 23.2 Å². The zero-order chi connectivity index (χ0) is 22.9. The average Bonchev–Trinajstić information content (AvgIpc) is 3.15. The molecule has 33 heavy (non-hydrogen) atoms. The number of aromatic nitrogens is 2. The van der Waals surface area contributed by atoms with Gasteiger partial charge in [0.15, 0.2) is 0 Å². The number of hydrogen-bond acceptors (Lipinski definition) is 4. The Bertz CT molecular complexity index is 1370. The summed E-state index contributed by atoms with van der Waals surface area (Å²) in [5.74, 6) is -0.183. The van der Waals surface area contributed by atoms with Gasteiger partial charge in [-0.1, -0.05) is 41.4 Å². The lowest BCUT2D eigenvalue weighted by Crippen LogP contribution is -2.48. The third kappa shape index (κ3) is 4.31. The number of anilines is 1. The first-order valence-corrected chi connectivity index (χ1v) is 11.6. The van der Waals surface area contributed by atoms with Gasteiger partial charge in [-0.05, 0) is 36.4 Å². The summed E-state index contributed by atoms with van der Waals surface area (Å²) >= 11 is 12.4. The molecule has 1 saturated heterocycles. The standard InChI is InChI=1S/C24H23Cl2N5O2/c25-18-15-21-24(33)28-19-14-16(6-7-20(19)31(21)22(18)26)23(32)27-8-9-29-10-12-30(13-11-29)17-4-2-1-3-5-17/h1-7,14-15H,8-13H2,(H,27,32)(H,28,33). The Kier molecular flexibility index (Phi) is 6.01. The van der Waals surface area contributed by atoms with Gasteiger partial charge >= 0.3 is 0 Å². The molecule has 1 aliphatic rings. The number of H-pyrrole nitrogens is 1. The van der Waals surface area contributed by atoms with Gasteiger partial charge in [0.1, 0.15) is 10.7 Å². The highest BCUT2D eigenvalue weighted by atomic mass is 35.5. The van der Waals surface area contributed by atoms with Crippen molar-refractivity contribution in [3.63, 3.8) is 0 Å². The van der Waals surface area contributed by atoms with Crippen molar-refractivity contribution in [2.75, 3.05) is 44.2 Å². The van der Waals surface area contributed by atoms with Gasteiger partial charge in [0.2, 0.25) is 0 Å². The SMILES string of the molecule is O=C(NCCN1CCN(c2ccccc2)CC1)c1ccc2c(c1)[nH]c(=O)c1cc(Cl)c(Cl)n12. The molecule has 0 radical (unpaired) electrons. The third-order valence-electron chi connectivity index (χ3n) is 6.09. The lowest BCUT2D eigenvalue weighted by atomic mass is 10.1. The van der Waals surface area contributed by atoms with E-state index in [-0.39, 0.29) is 16.6 Å². The fourth-order valence-corrected chi connectivity index (χ4v) is 4.74. The minimum atomic E-state index is -0.316. The summed E-state index contributed by atoms with van der Waals surface area (Å²) in [5.41, 5.74) is 2.97. The summed E-state index contributed by atoms with van der Waals surface area (Å²) < 4.78 is 1.59. The van der Waals surface area contributed by atoms with E-state index in [0.717, 1.165) is 32.7 Å². The van der Waals surface area contributed by atoms with Crippen LogP contribution in [0.5, 0.6) is 0 Å². The van der Waals surface area contributed by atoms with Crippen LogP contribution in [0, 0.1) is 0 Å². The molecule has 2 aromatic carbocycles. The summed E-state index contributed by atoms with van der Waals surface area (Å²) in [7, 11) is 0. The van der Waals surface area contributed by atoms with Gasteiger partial charge in [0, 0.05) is 50.5 Å². The second-order valence-electron chi connectivity index (χ2n) is 8.11. The molecule has 7 nitrogen and oxygen atoms in total. The number of hydrogen-bond donors (Lipinski definition) is 2. The molecule has 9 heteroatoms. The van der Waals surface area contributed by atoms with E-state index >= 15 is 0 Å². The number of aromatic amines is 1. The zero-order valence-corrected chi connectivity index (χ0v) is 19.4. The Hall–Kier alpha value is -3.00. The van der Waals surface area contributed by atoms with Gasteiger partial charge in [-0.25, -0.2) is 0 Å². The van der Waals surface area contributed by atoms with E-state index in [0.29, 0.717) is 33.7 Å². The van der Waals surface area contributed by atoms with Crippen LogP contribution in [0.4, 0.5) is 5.69 Å². The normalized spacial score (nSPS) is 14.8. The molecule has 5 rings (SSSR count). The van der Waals surface area contributed by atoms with Gasteiger partial charge in [-0.15, -0.1) is 0 Å². The molecule has 0 spiro atoms. The second kappa shape index (κ2) is 9.09. The first-order valence-electron chi connectivity index (χ1n) is 10.8. The molecule has 3 heterocycles. The maximum atomic E-state index is 12.7. The van der Waals surface area contributed by atoms with Crippen molar-refractivity contribution in [2.45, 2.75) is 0 Å². The molecule has 2 N–H and O–H groups in total. The highest BCUT2D eigenvalue weighted by Crippen LogP contribution is 2.28. The molecule has 0 atom stereocenters. The summed E-state index contributed by atoms with van der Waals surface area (Å²) in [6.07, 6.45) is 0. The van der Waals surface area contributed by atoms with E-state index in [1.54, 1.807) is 22.6 Å². The quantitative estimate of drug-likeness (QED) is 0.454. The van der Waals surface area contributed by atoms with Crippen molar-refractivity contribution in [3.8, 4) is 0 Å². The average molecular weight is 484 g/mol. The van der Waals surface area contributed by atoms with E-state index < -0.39 is 0 Å². The number of para-hydroxylation sites is 1. The molecule has 0 aliphatic carbocycles. The fraction of sp³-hybridized carbons (Fsp3) is 0.250. The van der Waals surface area contributed by atoms with Crippen LogP contribution in [0.1, 0.15) is 10.4 Å². The monoisotopic (exact) mass is 483 g/mol. The molecule has 0 unspecified atom stereocenters. The van der Waals surface area contributed by atoms with Crippen LogP contribution in [-0.4, -0.2) is 59.5 Å². The maximum absolute atomic E-state index is 12.7. The van der Waals surface area contributed by atoms with Crippen LogP contribution < -0.4 is 15.8 Å². The molecule has 1 aliphatic heterocycles. The van der Waals surface area contributed by atoms with Gasteiger partial charge in [0.25, 0.3) is 11.5 Å². The second-order valence-corrected chi connectivity index (χ2v) is 8.88. The van der Waals surface area contributed by atoms with E-state index in [9.17, 15) is 9.59 Å². The van der Waals surface area contributed by atoms with Crippen molar-refractivity contribution < 1.29 is 4.79 Å². The number of piperazine rings is 1. The third-order valence-corrected chi connectivity index (χ3v) is 6.84. The summed E-state index contributed by atoms with van der Waals surface area (Å²) in [6, 6.07) is 17.1. The molecule has 1 amide bonds. The largest absolute Gasteiger partial charge is 0.369 e. The van der Waals surface area contributed by atoms with Gasteiger partial charge in [0.05, 0.1) is 16.1 Å². The molecule has 2 aromatic heterocycles. The van der Waals surface area contributed by atoms with Crippen LogP contribution in [0.15, 0.2) is 59.4 Å². The van der Waals surface area contributed by atoms with E-state index in [2.05, 4.69) is 44.4 Å². The van der Waals surface area contributed by atoms with Crippen LogP contribution in [-0.2, 0) is 0 Å². The topological polar surface area (TPSA) is 72.8 Å². The minimum absolute atomic E-state index is 0.183. The van der Waals surface area contributed by atoms with Gasteiger partial charge < -0.3 is 15.2 Å². The number of rotatable bonds is 5. The first-order chi connectivity index (χ1) is 16.0. The number of amides is 1. The first kappa shape index (κ1) is 21.8. The fourth-order valence-electron chi connectivity index (χ4n) is 4.32. The van der Waals surface area contributed by atoms with Crippen molar-refractivity contribution in [3.05, 3.63) is 80.7 Å². The zero-order valence-electron chi connectivity index (χ0n) is 17.9. The molecule has 0 bridgehead atoms. The number of fused-ring (bicyclic) bond motifs is 3. The lowest BCUT2D eigenvalue weighted by Gasteiger charge is -2.36. The van der Waals surface area contributed by atoms with Crippen LogP contribution in [0.2, 0.25) is 10.2 Å². The van der Waals surface area contributed by atoms with Crippen molar-refractivity contribution in [1.82, 2.24) is 19.6 Å². The number of nitrogens with zero attached hydrogens (tertiary/aromatic N) is 3. The molecular formula is C24H23Cl2N5O2.